The number of amides is 1. The first kappa shape index (κ1) is 21.5. The summed E-state index contributed by atoms with van der Waals surface area (Å²) >= 11 is 6.18. The largest absolute Gasteiger partial charge is 0.434 e. The van der Waals surface area contributed by atoms with Gasteiger partial charge >= 0.3 is 6.18 Å². The standard InChI is InChI=1S/C20H22ClF3N6O/c1-2-30-18(21)14(10-25-30)19(31)27-13-8-6-12(7-9-13)26-16-4-3-5-17-28-15(11-29(16)17)20(22,23)24/h3-5,10-13,26H,2,6-9H2,1H3,(H,27,31)/t12-,13+. The topological polar surface area (TPSA) is 76.2 Å². The van der Waals surface area contributed by atoms with Gasteiger partial charge in [-0.25, -0.2) is 4.98 Å². The first-order chi connectivity index (χ1) is 14.8. The van der Waals surface area contributed by atoms with Crippen LogP contribution in [0.4, 0.5) is 19.0 Å². The third kappa shape index (κ3) is 4.48. The third-order valence-electron chi connectivity index (χ3n) is 5.52. The Morgan fingerprint density at radius 3 is 2.58 bits per heavy atom. The van der Waals surface area contributed by atoms with Crippen molar-refractivity contribution in [3.63, 3.8) is 0 Å². The van der Waals surface area contributed by atoms with Crippen LogP contribution in [0.1, 0.15) is 48.7 Å². The molecule has 4 rings (SSSR count). The van der Waals surface area contributed by atoms with E-state index in [2.05, 4.69) is 20.7 Å². The molecule has 0 bridgehead atoms. The van der Waals surface area contributed by atoms with Gasteiger partial charge < -0.3 is 10.6 Å². The number of alkyl halides is 3. The van der Waals surface area contributed by atoms with Crippen LogP contribution in [-0.2, 0) is 12.7 Å². The SMILES string of the molecule is CCn1ncc(C(=O)N[C@H]2CC[C@@H](Nc3cccc4nc(C(F)(F)F)cn34)CC2)c1Cl. The van der Waals surface area contributed by atoms with Gasteiger partial charge in [0.15, 0.2) is 5.69 Å². The fourth-order valence-electron chi connectivity index (χ4n) is 3.86. The van der Waals surface area contributed by atoms with Crippen LogP contribution in [-0.4, -0.2) is 37.2 Å². The summed E-state index contributed by atoms with van der Waals surface area (Å²) in [7, 11) is 0. The van der Waals surface area contributed by atoms with Gasteiger partial charge in [-0.15, -0.1) is 0 Å². The van der Waals surface area contributed by atoms with Crippen LogP contribution >= 0.6 is 11.6 Å². The van der Waals surface area contributed by atoms with E-state index in [1.54, 1.807) is 22.9 Å². The maximum atomic E-state index is 13.0. The molecule has 3 aromatic rings. The number of carbonyl (C=O) groups is 1. The summed E-state index contributed by atoms with van der Waals surface area (Å²) in [5.74, 6) is 0.315. The van der Waals surface area contributed by atoms with Crippen molar-refractivity contribution in [2.24, 2.45) is 0 Å². The molecular formula is C20H22ClF3N6O. The Hall–Kier alpha value is -2.75. The number of anilines is 1. The molecule has 1 aliphatic carbocycles. The van der Waals surface area contributed by atoms with Gasteiger partial charge in [0.2, 0.25) is 0 Å². The van der Waals surface area contributed by atoms with Crippen LogP contribution < -0.4 is 10.6 Å². The van der Waals surface area contributed by atoms with E-state index in [0.717, 1.165) is 31.9 Å². The van der Waals surface area contributed by atoms with Gasteiger partial charge in [-0.05, 0) is 44.7 Å². The molecule has 31 heavy (non-hydrogen) atoms. The van der Waals surface area contributed by atoms with Crippen LogP contribution in [0.15, 0.2) is 30.6 Å². The molecular weight excluding hydrogens is 433 g/mol. The molecule has 0 aliphatic heterocycles. The lowest BCUT2D eigenvalue weighted by molar-refractivity contribution is -0.140. The highest BCUT2D eigenvalue weighted by Crippen LogP contribution is 2.30. The summed E-state index contributed by atoms with van der Waals surface area (Å²) in [6, 6.07) is 5.04. The number of carbonyl (C=O) groups excluding carboxylic acids is 1. The Morgan fingerprint density at radius 1 is 1.23 bits per heavy atom. The smallest absolute Gasteiger partial charge is 0.368 e. The van der Waals surface area contributed by atoms with Crippen LogP contribution in [0.25, 0.3) is 5.65 Å². The quantitative estimate of drug-likeness (QED) is 0.600. The average molecular weight is 455 g/mol. The third-order valence-corrected chi connectivity index (χ3v) is 5.91. The molecule has 3 heterocycles. The number of aryl methyl sites for hydroxylation is 1. The number of hydrogen-bond donors (Lipinski definition) is 2. The predicted octanol–water partition coefficient (Wildman–Crippen LogP) is 4.38. The molecule has 2 N–H and O–H groups in total. The van der Waals surface area contributed by atoms with Crippen LogP contribution in [0, 0.1) is 0 Å². The summed E-state index contributed by atoms with van der Waals surface area (Å²) in [5, 5.41) is 10.7. The van der Waals surface area contributed by atoms with E-state index in [1.165, 1.54) is 10.6 Å². The molecule has 0 spiro atoms. The number of imidazole rings is 1. The lowest BCUT2D eigenvalue weighted by Crippen LogP contribution is -2.40. The molecule has 11 heteroatoms. The second kappa shape index (κ2) is 8.41. The lowest BCUT2D eigenvalue weighted by Gasteiger charge is -2.30. The van der Waals surface area contributed by atoms with Gasteiger partial charge in [0, 0.05) is 24.8 Å². The molecule has 1 amide bonds. The number of pyridine rings is 1. The van der Waals surface area contributed by atoms with Crippen molar-refractivity contribution < 1.29 is 18.0 Å². The van der Waals surface area contributed by atoms with Crippen molar-refractivity contribution in [3.8, 4) is 0 Å². The number of aromatic nitrogens is 4. The van der Waals surface area contributed by atoms with E-state index in [1.807, 2.05) is 6.92 Å². The highest BCUT2D eigenvalue weighted by molar-refractivity contribution is 6.32. The number of fused-ring (bicyclic) bond motifs is 1. The van der Waals surface area contributed by atoms with Gasteiger partial charge in [0.25, 0.3) is 5.91 Å². The van der Waals surface area contributed by atoms with Crippen molar-refractivity contribution in [2.45, 2.75) is 57.4 Å². The molecule has 0 radical (unpaired) electrons. The maximum Gasteiger partial charge on any atom is 0.434 e. The Morgan fingerprint density at radius 2 is 1.94 bits per heavy atom. The average Bonchev–Trinajstić information content (AvgIpc) is 3.33. The van der Waals surface area contributed by atoms with Crippen LogP contribution in [0.2, 0.25) is 5.15 Å². The Balaban J connectivity index is 1.37. The molecule has 7 nitrogen and oxygen atoms in total. The Bertz CT molecular complexity index is 1080. The highest BCUT2D eigenvalue weighted by atomic mass is 35.5. The lowest BCUT2D eigenvalue weighted by atomic mass is 9.91. The van der Waals surface area contributed by atoms with Crippen molar-refractivity contribution >= 4 is 29.0 Å². The van der Waals surface area contributed by atoms with Crippen molar-refractivity contribution in [3.05, 3.63) is 47.0 Å². The molecule has 0 saturated heterocycles. The Labute approximate surface area is 181 Å². The number of nitrogens with one attached hydrogen (secondary N) is 2. The van der Waals surface area contributed by atoms with Crippen LogP contribution in [0.3, 0.4) is 0 Å². The predicted molar refractivity (Wildman–Crippen MR) is 110 cm³/mol. The molecule has 1 saturated carbocycles. The van der Waals surface area contributed by atoms with E-state index in [-0.39, 0.29) is 23.6 Å². The minimum atomic E-state index is -4.49. The summed E-state index contributed by atoms with van der Waals surface area (Å²) in [6.45, 7) is 2.47. The van der Waals surface area contributed by atoms with Gasteiger partial charge in [-0.2, -0.15) is 18.3 Å². The summed E-state index contributed by atoms with van der Waals surface area (Å²) in [6.07, 6.45) is 1.01. The molecule has 3 aromatic heterocycles. The first-order valence-electron chi connectivity index (χ1n) is 10.1. The molecule has 0 aromatic carbocycles. The van der Waals surface area contributed by atoms with E-state index >= 15 is 0 Å². The molecule has 0 atom stereocenters. The number of rotatable bonds is 5. The molecule has 0 unspecified atom stereocenters. The van der Waals surface area contributed by atoms with Crippen molar-refractivity contribution in [2.75, 3.05) is 5.32 Å². The second-order valence-electron chi connectivity index (χ2n) is 7.59. The van der Waals surface area contributed by atoms with E-state index < -0.39 is 11.9 Å². The highest BCUT2D eigenvalue weighted by Gasteiger charge is 2.34. The minimum absolute atomic E-state index is 0.00691. The molecule has 1 fully saturated rings. The fourth-order valence-corrected chi connectivity index (χ4v) is 4.16. The number of nitrogens with zero attached hydrogens (tertiary/aromatic N) is 4. The maximum absolute atomic E-state index is 13.0. The van der Waals surface area contributed by atoms with Crippen LogP contribution in [0.5, 0.6) is 0 Å². The van der Waals surface area contributed by atoms with Gasteiger partial charge in [0.1, 0.15) is 16.6 Å². The van der Waals surface area contributed by atoms with Crippen molar-refractivity contribution in [1.29, 1.82) is 0 Å². The zero-order chi connectivity index (χ0) is 22.2. The zero-order valence-corrected chi connectivity index (χ0v) is 17.5. The summed E-state index contributed by atoms with van der Waals surface area (Å²) < 4.78 is 41.9. The van der Waals surface area contributed by atoms with Gasteiger partial charge in [-0.1, -0.05) is 17.7 Å². The number of hydrogen-bond acceptors (Lipinski definition) is 4. The second-order valence-corrected chi connectivity index (χ2v) is 7.95. The Kier molecular flexibility index (Phi) is 5.83. The van der Waals surface area contributed by atoms with Gasteiger partial charge in [-0.3, -0.25) is 13.9 Å². The minimum Gasteiger partial charge on any atom is -0.368 e. The number of halogens is 4. The molecule has 1 aliphatic rings. The summed E-state index contributed by atoms with van der Waals surface area (Å²) in [5.41, 5.74) is -0.322. The van der Waals surface area contributed by atoms with Gasteiger partial charge in [0.05, 0.1) is 11.8 Å². The monoisotopic (exact) mass is 454 g/mol. The zero-order valence-electron chi connectivity index (χ0n) is 16.8. The molecule has 166 valence electrons. The van der Waals surface area contributed by atoms with E-state index in [0.29, 0.717) is 23.1 Å². The first-order valence-corrected chi connectivity index (χ1v) is 10.5. The summed E-state index contributed by atoms with van der Waals surface area (Å²) in [4.78, 5) is 16.2. The van der Waals surface area contributed by atoms with E-state index in [4.69, 9.17) is 11.6 Å². The fraction of sp³-hybridized carbons (Fsp3) is 0.450. The van der Waals surface area contributed by atoms with Crippen molar-refractivity contribution in [1.82, 2.24) is 24.5 Å². The van der Waals surface area contributed by atoms with E-state index in [9.17, 15) is 18.0 Å². The normalized spacial score (nSPS) is 19.5.